The lowest BCUT2D eigenvalue weighted by Gasteiger charge is -2.22. The molecule has 2 nitrogen and oxygen atoms in total. The molecule has 1 saturated carbocycles. The van der Waals surface area contributed by atoms with Crippen LogP contribution in [0.3, 0.4) is 0 Å². The first-order valence-electron chi connectivity index (χ1n) is 6.35. The second-order valence-corrected chi connectivity index (χ2v) is 4.46. The van der Waals surface area contributed by atoms with Crippen LogP contribution in [-0.2, 0) is 0 Å². The van der Waals surface area contributed by atoms with Gasteiger partial charge in [-0.3, -0.25) is 0 Å². The Morgan fingerprint density at radius 3 is 2.81 bits per heavy atom. The molecule has 1 aromatic carbocycles. The molecular formula is C14H21NO. The average Bonchev–Trinajstić information content (AvgIpc) is 2.75. The highest BCUT2D eigenvalue weighted by Crippen LogP contribution is 2.24. The fourth-order valence-electron chi connectivity index (χ4n) is 2.30. The third-order valence-electron chi connectivity index (χ3n) is 3.14. The van der Waals surface area contributed by atoms with E-state index in [2.05, 4.69) is 12.2 Å². The Kier molecular flexibility index (Phi) is 4.23. The Bertz CT molecular complexity index is 299. The zero-order valence-electron chi connectivity index (χ0n) is 9.99. The Balaban J connectivity index is 1.88. The maximum absolute atomic E-state index is 6.02. The first-order valence-corrected chi connectivity index (χ1v) is 6.35. The van der Waals surface area contributed by atoms with Gasteiger partial charge in [-0.25, -0.2) is 0 Å². The van der Waals surface area contributed by atoms with Gasteiger partial charge >= 0.3 is 0 Å². The number of para-hydroxylation sites is 1. The van der Waals surface area contributed by atoms with Crippen molar-refractivity contribution < 1.29 is 4.74 Å². The molecule has 1 fully saturated rings. The molecule has 0 radical (unpaired) electrons. The predicted molar refractivity (Wildman–Crippen MR) is 66.8 cm³/mol. The van der Waals surface area contributed by atoms with Crippen molar-refractivity contribution in [2.75, 3.05) is 6.54 Å². The van der Waals surface area contributed by atoms with Crippen molar-refractivity contribution in [1.29, 1.82) is 0 Å². The van der Waals surface area contributed by atoms with E-state index in [9.17, 15) is 0 Å². The van der Waals surface area contributed by atoms with Crippen molar-refractivity contribution in [3.05, 3.63) is 30.3 Å². The number of rotatable bonds is 5. The molecule has 2 atom stereocenters. The standard InChI is InChI=1S/C14H21NO/c1-2-11-15-13-9-6-10-14(13)16-12-7-4-3-5-8-12/h3-5,7-8,13-15H,2,6,9-11H2,1H3. The quantitative estimate of drug-likeness (QED) is 0.822. The summed E-state index contributed by atoms with van der Waals surface area (Å²) in [6, 6.07) is 10.7. The summed E-state index contributed by atoms with van der Waals surface area (Å²) in [6.07, 6.45) is 5.25. The minimum Gasteiger partial charge on any atom is -0.489 e. The highest BCUT2D eigenvalue weighted by Gasteiger charge is 2.28. The van der Waals surface area contributed by atoms with Gasteiger partial charge in [0.15, 0.2) is 0 Å². The van der Waals surface area contributed by atoms with Gasteiger partial charge in [-0.2, -0.15) is 0 Å². The van der Waals surface area contributed by atoms with Gasteiger partial charge in [0.05, 0.1) is 0 Å². The lowest BCUT2D eigenvalue weighted by atomic mass is 10.2. The summed E-state index contributed by atoms with van der Waals surface area (Å²) in [4.78, 5) is 0. The summed E-state index contributed by atoms with van der Waals surface area (Å²) in [7, 11) is 0. The summed E-state index contributed by atoms with van der Waals surface area (Å²) >= 11 is 0. The second kappa shape index (κ2) is 5.90. The van der Waals surface area contributed by atoms with E-state index in [0.29, 0.717) is 12.1 Å². The zero-order valence-corrected chi connectivity index (χ0v) is 9.99. The minimum absolute atomic E-state index is 0.356. The van der Waals surface area contributed by atoms with Gasteiger partial charge in [0.2, 0.25) is 0 Å². The van der Waals surface area contributed by atoms with Crippen molar-refractivity contribution in [3.63, 3.8) is 0 Å². The number of nitrogens with one attached hydrogen (secondary N) is 1. The molecular weight excluding hydrogens is 198 g/mol. The highest BCUT2D eigenvalue weighted by molar-refractivity contribution is 5.21. The Morgan fingerprint density at radius 2 is 2.06 bits per heavy atom. The largest absolute Gasteiger partial charge is 0.489 e. The topological polar surface area (TPSA) is 21.3 Å². The van der Waals surface area contributed by atoms with E-state index in [1.165, 1.54) is 25.7 Å². The molecule has 0 saturated heterocycles. The third-order valence-corrected chi connectivity index (χ3v) is 3.14. The molecule has 16 heavy (non-hydrogen) atoms. The average molecular weight is 219 g/mol. The maximum atomic E-state index is 6.02. The van der Waals surface area contributed by atoms with Crippen LogP contribution < -0.4 is 10.1 Å². The van der Waals surface area contributed by atoms with Crippen molar-refractivity contribution in [1.82, 2.24) is 5.32 Å². The Labute approximate surface area is 98.0 Å². The van der Waals surface area contributed by atoms with Gasteiger partial charge in [-0.15, -0.1) is 0 Å². The summed E-state index contributed by atoms with van der Waals surface area (Å²) < 4.78 is 6.02. The van der Waals surface area contributed by atoms with Crippen LogP contribution in [-0.4, -0.2) is 18.7 Å². The van der Waals surface area contributed by atoms with Gasteiger partial charge in [-0.1, -0.05) is 25.1 Å². The fraction of sp³-hybridized carbons (Fsp3) is 0.571. The number of benzene rings is 1. The van der Waals surface area contributed by atoms with Crippen molar-refractivity contribution in [2.24, 2.45) is 0 Å². The predicted octanol–water partition coefficient (Wildman–Crippen LogP) is 2.99. The first kappa shape index (κ1) is 11.5. The van der Waals surface area contributed by atoms with E-state index in [1.54, 1.807) is 0 Å². The summed E-state index contributed by atoms with van der Waals surface area (Å²) in [6.45, 7) is 3.30. The van der Waals surface area contributed by atoms with Crippen LogP contribution in [0, 0.1) is 0 Å². The van der Waals surface area contributed by atoms with Gasteiger partial charge in [0, 0.05) is 6.04 Å². The van der Waals surface area contributed by atoms with Gasteiger partial charge in [0.1, 0.15) is 11.9 Å². The van der Waals surface area contributed by atoms with E-state index in [1.807, 2.05) is 30.3 Å². The molecule has 1 aliphatic carbocycles. The Morgan fingerprint density at radius 1 is 1.25 bits per heavy atom. The SMILES string of the molecule is CCCNC1CCCC1Oc1ccccc1. The van der Waals surface area contributed by atoms with E-state index in [0.717, 1.165) is 12.3 Å². The molecule has 2 unspecified atom stereocenters. The maximum Gasteiger partial charge on any atom is 0.119 e. The van der Waals surface area contributed by atoms with Crippen LogP contribution in [0.1, 0.15) is 32.6 Å². The van der Waals surface area contributed by atoms with Gasteiger partial charge in [-0.05, 0) is 44.4 Å². The highest BCUT2D eigenvalue weighted by atomic mass is 16.5. The monoisotopic (exact) mass is 219 g/mol. The summed E-state index contributed by atoms with van der Waals surface area (Å²) in [5, 5.41) is 3.58. The normalized spacial score (nSPS) is 24.6. The number of hydrogen-bond acceptors (Lipinski definition) is 2. The molecule has 0 bridgehead atoms. The second-order valence-electron chi connectivity index (χ2n) is 4.46. The lowest BCUT2D eigenvalue weighted by molar-refractivity contribution is 0.175. The molecule has 1 N–H and O–H groups in total. The summed E-state index contributed by atoms with van der Waals surface area (Å²) in [5.41, 5.74) is 0. The van der Waals surface area contributed by atoms with Crippen molar-refractivity contribution >= 4 is 0 Å². The Hall–Kier alpha value is -1.02. The molecule has 1 aromatic rings. The van der Waals surface area contributed by atoms with Gasteiger partial charge < -0.3 is 10.1 Å². The van der Waals surface area contributed by atoms with Crippen molar-refractivity contribution in [2.45, 2.75) is 44.8 Å². The molecule has 2 rings (SSSR count). The lowest BCUT2D eigenvalue weighted by Crippen LogP contribution is -2.39. The molecule has 0 heterocycles. The fourth-order valence-corrected chi connectivity index (χ4v) is 2.30. The third kappa shape index (κ3) is 2.99. The summed E-state index contributed by atoms with van der Waals surface area (Å²) in [5.74, 6) is 0.998. The van der Waals surface area contributed by atoms with Crippen LogP contribution in [0.15, 0.2) is 30.3 Å². The van der Waals surface area contributed by atoms with Crippen LogP contribution in [0.5, 0.6) is 5.75 Å². The molecule has 0 spiro atoms. The molecule has 0 aliphatic heterocycles. The zero-order chi connectivity index (χ0) is 11.2. The van der Waals surface area contributed by atoms with Crippen LogP contribution in [0.4, 0.5) is 0 Å². The molecule has 1 aliphatic rings. The van der Waals surface area contributed by atoms with Crippen LogP contribution >= 0.6 is 0 Å². The minimum atomic E-state index is 0.356. The van der Waals surface area contributed by atoms with Crippen LogP contribution in [0.25, 0.3) is 0 Å². The molecule has 0 amide bonds. The first-order chi connectivity index (χ1) is 7.90. The van der Waals surface area contributed by atoms with E-state index in [4.69, 9.17) is 4.74 Å². The van der Waals surface area contributed by atoms with Gasteiger partial charge in [0.25, 0.3) is 0 Å². The molecule has 2 heteroatoms. The van der Waals surface area contributed by atoms with Crippen LogP contribution in [0.2, 0.25) is 0 Å². The van der Waals surface area contributed by atoms with E-state index < -0.39 is 0 Å². The van der Waals surface area contributed by atoms with E-state index >= 15 is 0 Å². The smallest absolute Gasteiger partial charge is 0.119 e. The number of hydrogen-bond donors (Lipinski definition) is 1. The van der Waals surface area contributed by atoms with E-state index in [-0.39, 0.29) is 0 Å². The number of ether oxygens (including phenoxy) is 1. The molecule has 88 valence electrons. The molecule has 0 aromatic heterocycles. The van der Waals surface area contributed by atoms with Crippen molar-refractivity contribution in [3.8, 4) is 5.75 Å².